The fourth-order valence-corrected chi connectivity index (χ4v) is 3.49. The summed E-state index contributed by atoms with van der Waals surface area (Å²) in [6.07, 6.45) is 1.82. The summed E-state index contributed by atoms with van der Waals surface area (Å²) in [5.41, 5.74) is 0. The van der Waals surface area contributed by atoms with Gasteiger partial charge in [-0.25, -0.2) is 12.7 Å². The van der Waals surface area contributed by atoms with Gasteiger partial charge in [0.2, 0.25) is 15.9 Å². The third-order valence-electron chi connectivity index (χ3n) is 3.13. The molecular formula is C11H24ClN3O3S. The minimum absolute atomic E-state index is 0. The Bertz CT molecular complexity index is 365. The topological polar surface area (TPSA) is 78.5 Å². The smallest absolute Gasteiger partial charge is 0.237 e. The zero-order valence-corrected chi connectivity index (χ0v) is 13.1. The van der Waals surface area contributed by atoms with E-state index in [1.165, 1.54) is 4.31 Å². The van der Waals surface area contributed by atoms with Crippen molar-refractivity contribution in [2.24, 2.45) is 0 Å². The van der Waals surface area contributed by atoms with E-state index >= 15 is 0 Å². The molecule has 19 heavy (non-hydrogen) atoms. The van der Waals surface area contributed by atoms with Gasteiger partial charge in [-0.3, -0.25) is 4.79 Å². The van der Waals surface area contributed by atoms with Crippen LogP contribution in [0.4, 0.5) is 0 Å². The molecule has 114 valence electrons. The molecule has 0 bridgehead atoms. The maximum absolute atomic E-state index is 11.9. The largest absolute Gasteiger partial charge is 0.354 e. The Balaban J connectivity index is 0.00000324. The van der Waals surface area contributed by atoms with Gasteiger partial charge in [-0.05, 0) is 19.4 Å². The molecule has 0 spiro atoms. The molecule has 8 heteroatoms. The summed E-state index contributed by atoms with van der Waals surface area (Å²) in [6, 6.07) is -0.152. The van der Waals surface area contributed by atoms with E-state index in [9.17, 15) is 13.2 Å². The zero-order chi connectivity index (χ0) is 13.6. The van der Waals surface area contributed by atoms with Gasteiger partial charge in [-0.2, -0.15) is 0 Å². The van der Waals surface area contributed by atoms with Crippen LogP contribution in [0, 0.1) is 0 Å². The first-order valence-electron chi connectivity index (χ1n) is 6.50. The number of nitrogens with zero attached hydrogens (tertiary/aromatic N) is 1. The highest BCUT2D eigenvalue weighted by Crippen LogP contribution is 2.04. The van der Waals surface area contributed by atoms with Crippen molar-refractivity contribution in [3.8, 4) is 0 Å². The van der Waals surface area contributed by atoms with Gasteiger partial charge in [0.15, 0.2) is 0 Å². The van der Waals surface area contributed by atoms with Gasteiger partial charge in [-0.15, -0.1) is 12.4 Å². The molecule has 1 heterocycles. The minimum atomic E-state index is -3.24. The van der Waals surface area contributed by atoms with Gasteiger partial charge in [0.25, 0.3) is 0 Å². The predicted molar refractivity (Wildman–Crippen MR) is 78.0 cm³/mol. The van der Waals surface area contributed by atoms with E-state index in [2.05, 4.69) is 10.6 Å². The van der Waals surface area contributed by atoms with Crippen LogP contribution in [0.5, 0.6) is 0 Å². The first kappa shape index (κ1) is 18.6. The molecule has 1 rings (SSSR count). The monoisotopic (exact) mass is 313 g/mol. The molecule has 1 aliphatic heterocycles. The van der Waals surface area contributed by atoms with Crippen molar-refractivity contribution >= 4 is 28.3 Å². The first-order chi connectivity index (χ1) is 8.51. The summed E-state index contributed by atoms with van der Waals surface area (Å²) in [5.74, 6) is -0.130. The maximum atomic E-state index is 11.9. The van der Waals surface area contributed by atoms with Gasteiger partial charge in [-0.1, -0.05) is 13.8 Å². The summed E-state index contributed by atoms with van der Waals surface area (Å²) in [5, 5.41) is 5.75. The van der Waals surface area contributed by atoms with E-state index in [1.54, 1.807) is 0 Å². The Morgan fingerprint density at radius 2 is 2.00 bits per heavy atom. The van der Waals surface area contributed by atoms with Crippen molar-refractivity contribution in [2.75, 3.05) is 31.9 Å². The predicted octanol–water partition coefficient (Wildman–Crippen LogP) is -0.0520. The number of sulfonamides is 1. The molecule has 1 fully saturated rings. The second-order valence-corrected chi connectivity index (χ2v) is 6.43. The van der Waals surface area contributed by atoms with Crippen LogP contribution in [0.2, 0.25) is 0 Å². The molecule has 0 aromatic rings. The number of halogens is 1. The highest BCUT2D eigenvalue weighted by molar-refractivity contribution is 7.89. The molecular weight excluding hydrogens is 290 g/mol. The van der Waals surface area contributed by atoms with Crippen molar-refractivity contribution in [1.82, 2.24) is 14.9 Å². The normalized spacial score (nSPS) is 19.2. The molecule has 0 saturated carbocycles. The van der Waals surface area contributed by atoms with Crippen LogP contribution in [-0.4, -0.2) is 56.6 Å². The van der Waals surface area contributed by atoms with Crippen LogP contribution in [0.25, 0.3) is 0 Å². The highest BCUT2D eigenvalue weighted by Gasteiger charge is 2.23. The van der Waals surface area contributed by atoms with Crippen molar-refractivity contribution in [3.63, 3.8) is 0 Å². The Morgan fingerprint density at radius 1 is 1.37 bits per heavy atom. The molecule has 1 unspecified atom stereocenters. The number of carbonyl (C=O) groups is 1. The number of carbonyl (C=O) groups excluding carboxylic acids is 1. The average molecular weight is 314 g/mol. The van der Waals surface area contributed by atoms with Gasteiger partial charge in [0.05, 0.1) is 11.8 Å². The van der Waals surface area contributed by atoms with Gasteiger partial charge < -0.3 is 10.6 Å². The summed E-state index contributed by atoms with van der Waals surface area (Å²) >= 11 is 0. The highest BCUT2D eigenvalue weighted by atomic mass is 35.5. The van der Waals surface area contributed by atoms with Crippen LogP contribution < -0.4 is 10.6 Å². The van der Waals surface area contributed by atoms with Crippen LogP contribution in [-0.2, 0) is 14.8 Å². The van der Waals surface area contributed by atoms with Gasteiger partial charge in [0, 0.05) is 19.6 Å². The van der Waals surface area contributed by atoms with Crippen molar-refractivity contribution in [1.29, 1.82) is 0 Å². The Hall–Kier alpha value is -0.370. The van der Waals surface area contributed by atoms with E-state index in [1.807, 2.05) is 13.8 Å². The van der Waals surface area contributed by atoms with Crippen LogP contribution in [0.1, 0.15) is 26.7 Å². The molecule has 1 amide bonds. The lowest BCUT2D eigenvalue weighted by Crippen LogP contribution is -2.43. The van der Waals surface area contributed by atoms with Gasteiger partial charge in [0.1, 0.15) is 0 Å². The average Bonchev–Trinajstić information content (AvgIpc) is 2.83. The van der Waals surface area contributed by atoms with E-state index < -0.39 is 10.0 Å². The molecule has 1 saturated heterocycles. The minimum Gasteiger partial charge on any atom is -0.354 e. The first-order valence-corrected chi connectivity index (χ1v) is 8.11. The number of nitrogens with one attached hydrogen (secondary N) is 2. The number of amides is 1. The third-order valence-corrected chi connectivity index (χ3v) is 5.16. The van der Waals surface area contributed by atoms with E-state index in [4.69, 9.17) is 0 Å². The SMILES string of the molecule is CCN(CC)S(=O)(=O)CCNC(=O)C1CCCN1.Cl. The van der Waals surface area contributed by atoms with Crippen LogP contribution in [0.15, 0.2) is 0 Å². The fraction of sp³-hybridized carbons (Fsp3) is 0.909. The number of hydrogen-bond donors (Lipinski definition) is 2. The Labute approximate surface area is 121 Å². The molecule has 0 radical (unpaired) electrons. The second-order valence-electron chi connectivity index (χ2n) is 4.34. The quantitative estimate of drug-likeness (QED) is 0.690. The third kappa shape index (κ3) is 5.64. The van der Waals surface area contributed by atoms with Crippen molar-refractivity contribution < 1.29 is 13.2 Å². The summed E-state index contributed by atoms with van der Waals surface area (Å²) in [6.45, 7) is 5.59. The number of rotatable bonds is 7. The molecule has 1 aliphatic rings. The Kier molecular flexibility index (Phi) is 8.56. The zero-order valence-electron chi connectivity index (χ0n) is 11.5. The molecule has 0 aliphatic carbocycles. The summed E-state index contributed by atoms with van der Waals surface area (Å²) < 4.78 is 25.1. The summed E-state index contributed by atoms with van der Waals surface area (Å²) in [4.78, 5) is 11.7. The van der Waals surface area contributed by atoms with Crippen molar-refractivity contribution in [3.05, 3.63) is 0 Å². The lowest BCUT2D eigenvalue weighted by atomic mass is 10.2. The lowest BCUT2D eigenvalue weighted by Gasteiger charge is -2.18. The van der Waals surface area contributed by atoms with E-state index in [0.29, 0.717) is 13.1 Å². The van der Waals surface area contributed by atoms with Crippen LogP contribution in [0.3, 0.4) is 0 Å². The molecule has 6 nitrogen and oxygen atoms in total. The standard InChI is InChI=1S/C11H23N3O3S.ClH/c1-3-14(4-2)18(16,17)9-8-13-11(15)10-6-5-7-12-10;/h10,12H,3-9H2,1-2H3,(H,13,15);1H. The second kappa shape index (κ2) is 8.73. The molecule has 0 aromatic carbocycles. The summed E-state index contributed by atoms with van der Waals surface area (Å²) in [7, 11) is -3.24. The van der Waals surface area contributed by atoms with E-state index in [-0.39, 0.29) is 36.7 Å². The van der Waals surface area contributed by atoms with Crippen LogP contribution >= 0.6 is 12.4 Å². The molecule has 2 N–H and O–H groups in total. The van der Waals surface area contributed by atoms with Crippen molar-refractivity contribution in [2.45, 2.75) is 32.7 Å². The molecule has 0 aromatic heterocycles. The fourth-order valence-electron chi connectivity index (χ4n) is 2.08. The maximum Gasteiger partial charge on any atom is 0.237 e. The molecule has 1 atom stereocenters. The van der Waals surface area contributed by atoms with E-state index in [0.717, 1.165) is 19.4 Å². The lowest BCUT2D eigenvalue weighted by molar-refractivity contribution is -0.122. The Morgan fingerprint density at radius 3 is 2.47 bits per heavy atom. The number of hydrogen-bond acceptors (Lipinski definition) is 4. The van der Waals surface area contributed by atoms with Gasteiger partial charge >= 0.3 is 0 Å².